The van der Waals surface area contributed by atoms with Crippen molar-refractivity contribution in [1.82, 2.24) is 4.57 Å². The van der Waals surface area contributed by atoms with Crippen molar-refractivity contribution in [2.45, 2.75) is 0 Å². The highest BCUT2D eigenvalue weighted by molar-refractivity contribution is 6.25. The van der Waals surface area contributed by atoms with Gasteiger partial charge in [0.15, 0.2) is 0 Å². The van der Waals surface area contributed by atoms with E-state index in [9.17, 15) is 0 Å². The molecule has 336 valence electrons. The number of hydrogen-bond acceptors (Lipinski definition) is 1. The van der Waals surface area contributed by atoms with Gasteiger partial charge in [0.2, 0.25) is 0 Å². The number of nitrogens with zero attached hydrogens (tertiary/aromatic N) is 2. The van der Waals surface area contributed by atoms with Crippen LogP contribution in [0.4, 0.5) is 17.1 Å². The maximum absolute atomic E-state index is 2.39. The van der Waals surface area contributed by atoms with Crippen LogP contribution in [0, 0.1) is 0 Å². The van der Waals surface area contributed by atoms with Crippen molar-refractivity contribution in [3.8, 4) is 50.2 Å². The number of fused-ring (bicyclic) bond motifs is 10. The first-order valence-electron chi connectivity index (χ1n) is 24.8. The number of para-hydroxylation sites is 2. The molecular formula is C70H46N2. The summed E-state index contributed by atoms with van der Waals surface area (Å²) in [6, 6.07) is 102. The molecule has 0 atom stereocenters. The number of aromatic nitrogens is 1. The quantitative estimate of drug-likeness (QED) is 0.138. The summed E-state index contributed by atoms with van der Waals surface area (Å²) in [6.07, 6.45) is 0. The molecule has 0 saturated carbocycles. The van der Waals surface area contributed by atoms with E-state index in [4.69, 9.17) is 0 Å². The van der Waals surface area contributed by atoms with Crippen LogP contribution in [0.5, 0.6) is 0 Å². The van der Waals surface area contributed by atoms with Gasteiger partial charge in [-0.15, -0.1) is 0 Å². The van der Waals surface area contributed by atoms with Gasteiger partial charge in [-0.05, 0) is 154 Å². The lowest BCUT2D eigenvalue weighted by atomic mass is 9.92. The van der Waals surface area contributed by atoms with E-state index in [1.165, 1.54) is 109 Å². The van der Waals surface area contributed by atoms with E-state index < -0.39 is 0 Å². The zero-order valence-corrected chi connectivity index (χ0v) is 39.5. The summed E-state index contributed by atoms with van der Waals surface area (Å²) in [4.78, 5) is 2.38. The summed E-state index contributed by atoms with van der Waals surface area (Å²) in [5.41, 5.74) is 16.3. The number of anilines is 3. The van der Waals surface area contributed by atoms with E-state index >= 15 is 0 Å². The Morgan fingerprint density at radius 3 is 1.11 bits per heavy atom. The first kappa shape index (κ1) is 41.5. The molecular weight excluding hydrogens is 869 g/mol. The molecule has 1 aromatic heterocycles. The highest BCUT2D eigenvalue weighted by Gasteiger charge is 2.18. The molecule has 1 heterocycles. The van der Waals surface area contributed by atoms with Crippen LogP contribution >= 0.6 is 0 Å². The van der Waals surface area contributed by atoms with E-state index in [-0.39, 0.29) is 0 Å². The molecule has 0 bridgehead atoms. The summed E-state index contributed by atoms with van der Waals surface area (Å²) in [6.45, 7) is 0. The molecule has 0 aliphatic heterocycles. The second-order valence-corrected chi connectivity index (χ2v) is 18.9. The summed E-state index contributed by atoms with van der Waals surface area (Å²) in [5.74, 6) is 0. The smallest absolute Gasteiger partial charge is 0.0541 e. The van der Waals surface area contributed by atoms with Crippen molar-refractivity contribution in [3.05, 3.63) is 279 Å². The second-order valence-electron chi connectivity index (χ2n) is 18.9. The van der Waals surface area contributed by atoms with Gasteiger partial charge in [0.05, 0.1) is 11.0 Å². The van der Waals surface area contributed by atoms with Gasteiger partial charge in [-0.25, -0.2) is 0 Å². The van der Waals surface area contributed by atoms with Gasteiger partial charge in [-0.2, -0.15) is 0 Å². The van der Waals surface area contributed by atoms with Gasteiger partial charge in [-0.3, -0.25) is 0 Å². The first-order chi connectivity index (χ1) is 35.7. The number of hydrogen-bond donors (Lipinski definition) is 0. The predicted octanol–water partition coefficient (Wildman–Crippen LogP) is 19.5. The maximum Gasteiger partial charge on any atom is 0.0541 e. The van der Waals surface area contributed by atoms with Crippen molar-refractivity contribution < 1.29 is 0 Å². The molecule has 13 aromatic carbocycles. The predicted molar refractivity (Wildman–Crippen MR) is 307 cm³/mol. The minimum atomic E-state index is 1.08. The number of benzene rings is 13. The van der Waals surface area contributed by atoms with Gasteiger partial charge < -0.3 is 9.47 Å². The molecule has 0 amide bonds. The standard InChI is InChI=1S/C70H46N2/c1-2-13-54-44-55(33-32-47(54)12-1)52-28-24-48(25-29-52)50-34-39-57(40-35-50)71(59-14-11-15-60(46-59)72-69-22-9-7-20-66(69)67-21-8-10-23-70(67)72)58-41-36-51(37-42-58)49-26-30-53(31-27-49)56-38-43-65-63-18-4-3-16-61(63)62-17-5-6-19-64(62)68(65)45-56/h1-46H. The third-order valence-corrected chi connectivity index (χ3v) is 14.8. The van der Waals surface area contributed by atoms with Gasteiger partial charge in [0.1, 0.15) is 0 Å². The maximum atomic E-state index is 2.39. The SMILES string of the molecule is c1cc(N(c2ccc(-c3ccc(-c4ccc5ccccc5c4)cc3)cc2)c2ccc(-c3ccc(-c4ccc5c6ccccc6c6ccccc6c5c4)cc3)cc2)cc(-n2c3ccccc3c3ccccc32)c1. The van der Waals surface area contributed by atoms with E-state index in [2.05, 4.69) is 289 Å². The van der Waals surface area contributed by atoms with Crippen molar-refractivity contribution >= 4 is 82.0 Å². The summed E-state index contributed by atoms with van der Waals surface area (Å²) < 4.78 is 2.39. The fraction of sp³-hybridized carbons (Fsp3) is 0. The molecule has 14 aromatic rings. The Balaban J connectivity index is 0.809. The highest BCUT2D eigenvalue weighted by Crippen LogP contribution is 2.41. The zero-order valence-electron chi connectivity index (χ0n) is 39.5. The molecule has 2 heteroatoms. The van der Waals surface area contributed by atoms with Crippen LogP contribution in [-0.2, 0) is 0 Å². The molecule has 0 radical (unpaired) electrons. The summed E-state index contributed by atoms with van der Waals surface area (Å²) in [7, 11) is 0. The van der Waals surface area contributed by atoms with Gasteiger partial charge in [0.25, 0.3) is 0 Å². The Bertz CT molecular complexity index is 4260. The minimum absolute atomic E-state index is 1.08. The molecule has 0 N–H and O–H groups in total. The molecule has 0 unspecified atom stereocenters. The molecule has 14 rings (SSSR count). The van der Waals surface area contributed by atoms with Crippen LogP contribution in [0.25, 0.3) is 115 Å². The van der Waals surface area contributed by atoms with Gasteiger partial charge in [-0.1, -0.05) is 212 Å². The van der Waals surface area contributed by atoms with E-state index in [0.29, 0.717) is 0 Å². The Hall–Kier alpha value is -9.50. The average molecular weight is 915 g/mol. The summed E-state index contributed by atoms with van der Waals surface area (Å²) >= 11 is 0. The fourth-order valence-corrected chi connectivity index (χ4v) is 11.2. The third-order valence-electron chi connectivity index (χ3n) is 14.8. The minimum Gasteiger partial charge on any atom is -0.310 e. The molecule has 72 heavy (non-hydrogen) atoms. The van der Waals surface area contributed by atoms with Crippen LogP contribution in [0.1, 0.15) is 0 Å². The second kappa shape index (κ2) is 17.2. The molecule has 0 spiro atoms. The topological polar surface area (TPSA) is 8.17 Å². The van der Waals surface area contributed by atoms with Crippen LogP contribution in [0.3, 0.4) is 0 Å². The van der Waals surface area contributed by atoms with Gasteiger partial charge in [0, 0.05) is 33.5 Å². The third kappa shape index (κ3) is 7.12. The molecule has 2 nitrogen and oxygen atoms in total. The Kier molecular flexibility index (Phi) is 9.89. The van der Waals surface area contributed by atoms with Crippen LogP contribution in [0.2, 0.25) is 0 Å². The number of rotatable bonds is 8. The van der Waals surface area contributed by atoms with Crippen molar-refractivity contribution in [1.29, 1.82) is 0 Å². The molecule has 0 fully saturated rings. The normalized spacial score (nSPS) is 11.6. The van der Waals surface area contributed by atoms with Crippen molar-refractivity contribution in [3.63, 3.8) is 0 Å². The zero-order chi connectivity index (χ0) is 47.5. The molecule has 0 saturated heterocycles. The fourth-order valence-electron chi connectivity index (χ4n) is 11.2. The van der Waals surface area contributed by atoms with Crippen molar-refractivity contribution in [2.75, 3.05) is 4.90 Å². The Labute approximate surface area is 418 Å². The van der Waals surface area contributed by atoms with E-state index in [1.807, 2.05) is 0 Å². The van der Waals surface area contributed by atoms with Gasteiger partial charge >= 0.3 is 0 Å². The van der Waals surface area contributed by atoms with Crippen molar-refractivity contribution in [2.24, 2.45) is 0 Å². The highest BCUT2D eigenvalue weighted by atomic mass is 15.1. The average Bonchev–Trinajstić information content (AvgIpc) is 3.80. The largest absolute Gasteiger partial charge is 0.310 e. The van der Waals surface area contributed by atoms with E-state index in [0.717, 1.165) is 22.7 Å². The van der Waals surface area contributed by atoms with Crippen LogP contribution in [-0.4, -0.2) is 4.57 Å². The first-order valence-corrected chi connectivity index (χ1v) is 24.8. The monoisotopic (exact) mass is 914 g/mol. The lowest BCUT2D eigenvalue weighted by molar-refractivity contribution is 1.17. The van der Waals surface area contributed by atoms with Crippen LogP contribution < -0.4 is 4.90 Å². The summed E-state index contributed by atoms with van der Waals surface area (Å²) in [5, 5.41) is 12.8. The Morgan fingerprint density at radius 1 is 0.208 bits per heavy atom. The molecule has 0 aliphatic rings. The van der Waals surface area contributed by atoms with E-state index in [1.54, 1.807) is 0 Å². The Morgan fingerprint density at radius 2 is 0.583 bits per heavy atom. The lowest BCUT2D eigenvalue weighted by Gasteiger charge is -2.26. The molecule has 0 aliphatic carbocycles. The lowest BCUT2D eigenvalue weighted by Crippen LogP contribution is -2.10. The van der Waals surface area contributed by atoms with Crippen LogP contribution in [0.15, 0.2) is 279 Å².